The number of carbonyl (C=O) groups is 1. The highest BCUT2D eigenvalue weighted by Crippen LogP contribution is 2.27. The standard InChI is InChI=1S/C23H20N2O.ClH/c24-13-12-20-15-25-22-11-10-19(14-21(20)22)16-6-8-18(9-7-16)23(26)17-4-2-1-3-5-17;/h1-11,14-15,25H,12-13,24H2;1H. The molecule has 0 saturated heterocycles. The van der Waals surface area contributed by atoms with Gasteiger partial charge in [-0.25, -0.2) is 0 Å². The smallest absolute Gasteiger partial charge is 0.193 e. The molecule has 3 aromatic carbocycles. The number of benzene rings is 3. The van der Waals surface area contributed by atoms with Gasteiger partial charge in [-0.15, -0.1) is 12.4 Å². The van der Waals surface area contributed by atoms with Gasteiger partial charge >= 0.3 is 0 Å². The number of fused-ring (bicyclic) bond motifs is 1. The maximum absolute atomic E-state index is 12.5. The number of aromatic amines is 1. The van der Waals surface area contributed by atoms with Crippen LogP contribution < -0.4 is 5.73 Å². The van der Waals surface area contributed by atoms with Crippen molar-refractivity contribution in [1.29, 1.82) is 0 Å². The summed E-state index contributed by atoms with van der Waals surface area (Å²) in [5, 5.41) is 1.21. The quantitative estimate of drug-likeness (QED) is 0.482. The summed E-state index contributed by atoms with van der Waals surface area (Å²) in [5.41, 5.74) is 11.7. The third kappa shape index (κ3) is 3.80. The van der Waals surface area contributed by atoms with E-state index in [1.807, 2.05) is 60.8 Å². The number of hydrogen-bond acceptors (Lipinski definition) is 2. The molecule has 27 heavy (non-hydrogen) atoms. The largest absolute Gasteiger partial charge is 0.361 e. The van der Waals surface area contributed by atoms with E-state index in [4.69, 9.17) is 5.73 Å². The van der Waals surface area contributed by atoms with Crippen molar-refractivity contribution >= 4 is 29.1 Å². The lowest BCUT2D eigenvalue weighted by molar-refractivity contribution is 0.103. The van der Waals surface area contributed by atoms with E-state index >= 15 is 0 Å². The Kier molecular flexibility index (Phi) is 5.75. The summed E-state index contributed by atoms with van der Waals surface area (Å²) >= 11 is 0. The Morgan fingerprint density at radius 2 is 1.52 bits per heavy atom. The molecule has 0 radical (unpaired) electrons. The Labute approximate surface area is 164 Å². The maximum atomic E-state index is 12.5. The Morgan fingerprint density at radius 1 is 0.852 bits per heavy atom. The van der Waals surface area contributed by atoms with Crippen LogP contribution in [0.25, 0.3) is 22.0 Å². The molecule has 1 aromatic heterocycles. The Morgan fingerprint density at radius 3 is 2.22 bits per heavy atom. The number of hydrogen-bond donors (Lipinski definition) is 2. The highest BCUT2D eigenvalue weighted by molar-refractivity contribution is 6.09. The highest BCUT2D eigenvalue weighted by atomic mass is 35.5. The molecule has 0 amide bonds. The molecule has 0 aliphatic heterocycles. The van der Waals surface area contributed by atoms with Gasteiger partial charge in [-0.3, -0.25) is 4.79 Å². The summed E-state index contributed by atoms with van der Waals surface area (Å²) in [6, 6.07) is 23.5. The molecular weight excluding hydrogens is 356 g/mol. The molecule has 0 aliphatic carbocycles. The van der Waals surface area contributed by atoms with Gasteiger partial charge in [-0.1, -0.05) is 60.7 Å². The average molecular weight is 377 g/mol. The van der Waals surface area contributed by atoms with Gasteiger partial charge in [-0.05, 0) is 41.8 Å². The predicted octanol–water partition coefficient (Wildman–Crippen LogP) is 4.99. The fourth-order valence-electron chi connectivity index (χ4n) is 3.29. The molecule has 4 rings (SSSR count). The number of rotatable bonds is 5. The van der Waals surface area contributed by atoms with E-state index in [9.17, 15) is 4.79 Å². The summed E-state index contributed by atoms with van der Waals surface area (Å²) in [4.78, 5) is 15.8. The highest BCUT2D eigenvalue weighted by Gasteiger charge is 2.09. The Hall–Kier alpha value is -2.88. The molecule has 0 atom stereocenters. The van der Waals surface area contributed by atoms with E-state index in [2.05, 4.69) is 23.2 Å². The third-order valence-electron chi connectivity index (χ3n) is 4.70. The van der Waals surface area contributed by atoms with Crippen molar-refractivity contribution < 1.29 is 4.79 Å². The minimum Gasteiger partial charge on any atom is -0.361 e. The van der Waals surface area contributed by atoms with E-state index in [0.29, 0.717) is 17.7 Å². The van der Waals surface area contributed by atoms with Crippen molar-refractivity contribution in [3.8, 4) is 11.1 Å². The number of H-pyrrole nitrogens is 1. The summed E-state index contributed by atoms with van der Waals surface area (Å²) in [6.45, 7) is 0.632. The summed E-state index contributed by atoms with van der Waals surface area (Å²) in [6.07, 6.45) is 2.89. The van der Waals surface area contributed by atoms with Gasteiger partial charge in [0.15, 0.2) is 5.78 Å². The van der Waals surface area contributed by atoms with E-state index in [0.717, 1.165) is 23.1 Å². The van der Waals surface area contributed by atoms with Crippen molar-refractivity contribution in [2.75, 3.05) is 6.54 Å². The number of halogens is 1. The molecule has 0 spiro atoms. The zero-order chi connectivity index (χ0) is 17.9. The van der Waals surface area contributed by atoms with Gasteiger partial charge < -0.3 is 10.7 Å². The second-order valence-corrected chi connectivity index (χ2v) is 6.39. The van der Waals surface area contributed by atoms with Crippen LogP contribution in [0.2, 0.25) is 0 Å². The normalized spacial score (nSPS) is 10.6. The molecule has 4 heteroatoms. The zero-order valence-electron chi connectivity index (χ0n) is 14.8. The van der Waals surface area contributed by atoms with Crippen LogP contribution in [0.5, 0.6) is 0 Å². The molecule has 4 aromatic rings. The van der Waals surface area contributed by atoms with Crippen molar-refractivity contribution in [3.05, 3.63) is 95.7 Å². The fraction of sp³-hybridized carbons (Fsp3) is 0.0870. The molecule has 3 N–H and O–H groups in total. The molecule has 136 valence electrons. The Bertz CT molecular complexity index is 1050. The number of aromatic nitrogens is 1. The first-order valence-electron chi connectivity index (χ1n) is 8.76. The minimum absolute atomic E-state index is 0. The molecule has 3 nitrogen and oxygen atoms in total. The molecule has 0 aliphatic rings. The number of nitrogens with two attached hydrogens (primary N) is 1. The summed E-state index contributed by atoms with van der Waals surface area (Å²) in [5.74, 6) is 0.0449. The molecule has 0 fully saturated rings. The zero-order valence-corrected chi connectivity index (χ0v) is 15.6. The first-order chi connectivity index (χ1) is 12.8. The first kappa shape index (κ1) is 18.9. The van der Waals surface area contributed by atoms with Crippen LogP contribution in [0.3, 0.4) is 0 Å². The van der Waals surface area contributed by atoms with Gasteiger partial charge in [-0.2, -0.15) is 0 Å². The van der Waals surface area contributed by atoms with Gasteiger partial charge in [0.05, 0.1) is 0 Å². The molecule has 0 unspecified atom stereocenters. The van der Waals surface area contributed by atoms with E-state index in [-0.39, 0.29) is 18.2 Å². The topological polar surface area (TPSA) is 58.9 Å². The summed E-state index contributed by atoms with van der Waals surface area (Å²) in [7, 11) is 0. The van der Waals surface area contributed by atoms with Crippen LogP contribution in [-0.4, -0.2) is 17.3 Å². The second-order valence-electron chi connectivity index (χ2n) is 6.39. The summed E-state index contributed by atoms with van der Waals surface area (Å²) < 4.78 is 0. The van der Waals surface area contributed by atoms with Crippen LogP contribution in [0.15, 0.2) is 79.0 Å². The van der Waals surface area contributed by atoms with Gasteiger partial charge in [0.2, 0.25) is 0 Å². The third-order valence-corrected chi connectivity index (χ3v) is 4.70. The van der Waals surface area contributed by atoms with Crippen molar-refractivity contribution in [1.82, 2.24) is 4.98 Å². The maximum Gasteiger partial charge on any atom is 0.193 e. The van der Waals surface area contributed by atoms with Crippen LogP contribution in [0, 0.1) is 0 Å². The van der Waals surface area contributed by atoms with E-state index in [1.54, 1.807) is 0 Å². The van der Waals surface area contributed by atoms with Gasteiger partial charge in [0.1, 0.15) is 0 Å². The molecule has 0 saturated carbocycles. The van der Waals surface area contributed by atoms with E-state index < -0.39 is 0 Å². The minimum atomic E-state index is 0. The number of nitrogens with one attached hydrogen (secondary N) is 1. The van der Waals surface area contributed by atoms with Crippen LogP contribution in [-0.2, 0) is 6.42 Å². The SMILES string of the molecule is Cl.NCCc1c[nH]c2ccc(-c3ccc(C(=O)c4ccccc4)cc3)cc12. The molecular formula is C23H21ClN2O. The number of ketones is 1. The van der Waals surface area contributed by atoms with Crippen molar-refractivity contribution in [2.24, 2.45) is 5.73 Å². The number of carbonyl (C=O) groups excluding carboxylic acids is 1. The lowest BCUT2D eigenvalue weighted by Gasteiger charge is -2.06. The van der Waals surface area contributed by atoms with Gasteiger partial charge in [0, 0.05) is 28.2 Å². The Balaban J connectivity index is 0.00000210. The lowest BCUT2D eigenvalue weighted by atomic mass is 9.98. The van der Waals surface area contributed by atoms with E-state index in [1.165, 1.54) is 10.9 Å². The fourth-order valence-corrected chi connectivity index (χ4v) is 3.29. The average Bonchev–Trinajstić information content (AvgIpc) is 3.11. The second kappa shape index (κ2) is 8.21. The molecule has 1 heterocycles. The first-order valence-corrected chi connectivity index (χ1v) is 8.76. The van der Waals surface area contributed by atoms with Crippen molar-refractivity contribution in [2.45, 2.75) is 6.42 Å². The lowest BCUT2D eigenvalue weighted by Crippen LogP contribution is -2.01. The molecule has 0 bridgehead atoms. The van der Waals surface area contributed by atoms with Crippen LogP contribution in [0.4, 0.5) is 0 Å². The van der Waals surface area contributed by atoms with Crippen molar-refractivity contribution in [3.63, 3.8) is 0 Å². The van der Waals surface area contributed by atoms with Crippen LogP contribution in [0.1, 0.15) is 21.5 Å². The van der Waals surface area contributed by atoms with Gasteiger partial charge in [0.25, 0.3) is 0 Å². The predicted molar refractivity (Wildman–Crippen MR) is 114 cm³/mol. The van der Waals surface area contributed by atoms with Crippen LogP contribution >= 0.6 is 12.4 Å². The monoisotopic (exact) mass is 376 g/mol.